The van der Waals surface area contributed by atoms with Gasteiger partial charge in [0.25, 0.3) is 0 Å². The summed E-state index contributed by atoms with van der Waals surface area (Å²) in [6.07, 6.45) is 8.56. The maximum atomic E-state index is 10.4. The van der Waals surface area contributed by atoms with Crippen LogP contribution in [0.4, 0.5) is 0 Å². The SMILES string of the molecule is CC(C)(C)c1cccc(C=NCC2CCCCC2)c1O. The van der Waals surface area contributed by atoms with E-state index in [1.165, 1.54) is 32.1 Å². The summed E-state index contributed by atoms with van der Waals surface area (Å²) in [5.74, 6) is 1.13. The van der Waals surface area contributed by atoms with Crippen molar-refractivity contribution in [3.05, 3.63) is 29.3 Å². The molecule has 0 spiro atoms. The number of aliphatic imine (C=N–C) groups is 1. The van der Waals surface area contributed by atoms with Gasteiger partial charge in [-0.3, -0.25) is 4.99 Å². The number of benzene rings is 1. The molecule has 1 N–H and O–H groups in total. The monoisotopic (exact) mass is 273 g/mol. The molecule has 0 saturated heterocycles. The minimum atomic E-state index is -0.0443. The Balaban J connectivity index is 2.05. The standard InChI is InChI=1S/C18H27NO/c1-18(2,3)16-11-7-10-15(17(16)20)13-19-12-14-8-5-4-6-9-14/h7,10-11,13-14,20H,4-6,8-9,12H2,1-3H3. The van der Waals surface area contributed by atoms with Crippen LogP contribution >= 0.6 is 0 Å². The molecular formula is C18H27NO. The van der Waals surface area contributed by atoms with Crippen LogP contribution in [0.1, 0.15) is 64.0 Å². The average Bonchev–Trinajstić information content (AvgIpc) is 2.40. The largest absolute Gasteiger partial charge is 0.507 e. The minimum Gasteiger partial charge on any atom is -0.507 e. The maximum Gasteiger partial charge on any atom is 0.128 e. The van der Waals surface area contributed by atoms with Crippen LogP contribution < -0.4 is 0 Å². The van der Waals surface area contributed by atoms with Gasteiger partial charge in [-0.2, -0.15) is 0 Å². The number of hydrogen-bond donors (Lipinski definition) is 1. The van der Waals surface area contributed by atoms with Gasteiger partial charge in [0.1, 0.15) is 5.75 Å². The predicted molar refractivity (Wildman–Crippen MR) is 85.8 cm³/mol. The number of aromatic hydroxyl groups is 1. The van der Waals surface area contributed by atoms with Crippen molar-refractivity contribution in [1.82, 2.24) is 0 Å². The van der Waals surface area contributed by atoms with Gasteiger partial charge in [0, 0.05) is 18.3 Å². The normalized spacial score (nSPS) is 17.8. The van der Waals surface area contributed by atoms with Gasteiger partial charge in [0.2, 0.25) is 0 Å². The van der Waals surface area contributed by atoms with Gasteiger partial charge in [-0.05, 0) is 35.8 Å². The molecule has 0 amide bonds. The average molecular weight is 273 g/mol. The first-order chi connectivity index (χ1) is 9.48. The van der Waals surface area contributed by atoms with Gasteiger partial charge in [-0.15, -0.1) is 0 Å². The molecule has 1 saturated carbocycles. The van der Waals surface area contributed by atoms with Crippen LogP contribution in [0.5, 0.6) is 5.75 Å². The highest BCUT2D eigenvalue weighted by molar-refractivity contribution is 5.84. The summed E-state index contributed by atoms with van der Waals surface area (Å²) in [6.45, 7) is 7.25. The third kappa shape index (κ3) is 3.84. The van der Waals surface area contributed by atoms with Crippen molar-refractivity contribution in [3.8, 4) is 5.75 Å². The van der Waals surface area contributed by atoms with Gasteiger partial charge in [-0.1, -0.05) is 52.2 Å². The number of nitrogens with zero attached hydrogens (tertiary/aromatic N) is 1. The number of para-hydroxylation sites is 1. The van der Waals surface area contributed by atoms with E-state index in [0.717, 1.165) is 23.6 Å². The zero-order chi connectivity index (χ0) is 14.6. The Hall–Kier alpha value is -1.31. The van der Waals surface area contributed by atoms with Crippen LogP contribution in [-0.2, 0) is 5.41 Å². The molecule has 1 aliphatic carbocycles. The van der Waals surface area contributed by atoms with E-state index in [0.29, 0.717) is 5.75 Å². The van der Waals surface area contributed by atoms with E-state index < -0.39 is 0 Å². The minimum absolute atomic E-state index is 0.0443. The van der Waals surface area contributed by atoms with Crippen molar-refractivity contribution in [3.63, 3.8) is 0 Å². The molecule has 0 bridgehead atoms. The van der Waals surface area contributed by atoms with E-state index in [1.807, 2.05) is 24.4 Å². The highest BCUT2D eigenvalue weighted by Crippen LogP contribution is 2.32. The molecule has 2 rings (SSSR count). The van der Waals surface area contributed by atoms with Gasteiger partial charge in [-0.25, -0.2) is 0 Å². The molecule has 2 nitrogen and oxygen atoms in total. The third-order valence-corrected chi connectivity index (χ3v) is 4.19. The topological polar surface area (TPSA) is 32.6 Å². The second-order valence-corrected chi connectivity index (χ2v) is 6.99. The van der Waals surface area contributed by atoms with Crippen LogP contribution in [0.25, 0.3) is 0 Å². The van der Waals surface area contributed by atoms with Crippen LogP contribution in [0, 0.1) is 5.92 Å². The van der Waals surface area contributed by atoms with E-state index in [1.54, 1.807) is 0 Å². The first-order valence-electron chi connectivity index (χ1n) is 7.81. The van der Waals surface area contributed by atoms with Crippen molar-refractivity contribution in [2.24, 2.45) is 10.9 Å². The summed E-state index contributed by atoms with van der Waals surface area (Å²) in [7, 11) is 0. The third-order valence-electron chi connectivity index (χ3n) is 4.19. The van der Waals surface area contributed by atoms with E-state index >= 15 is 0 Å². The van der Waals surface area contributed by atoms with Crippen LogP contribution in [0.15, 0.2) is 23.2 Å². The van der Waals surface area contributed by atoms with Crippen molar-refractivity contribution >= 4 is 6.21 Å². The summed E-state index contributed by atoms with van der Waals surface area (Å²) in [4.78, 5) is 4.56. The van der Waals surface area contributed by atoms with Crippen LogP contribution in [0.2, 0.25) is 0 Å². The summed E-state index contributed by atoms with van der Waals surface area (Å²) < 4.78 is 0. The molecule has 0 heterocycles. The number of phenols is 1. The second kappa shape index (κ2) is 6.43. The fourth-order valence-electron chi connectivity index (χ4n) is 2.94. The molecule has 0 aliphatic heterocycles. The zero-order valence-electron chi connectivity index (χ0n) is 13.0. The maximum absolute atomic E-state index is 10.4. The van der Waals surface area contributed by atoms with Crippen LogP contribution in [0.3, 0.4) is 0 Å². The van der Waals surface area contributed by atoms with Crippen LogP contribution in [-0.4, -0.2) is 17.9 Å². The highest BCUT2D eigenvalue weighted by Gasteiger charge is 2.19. The van der Waals surface area contributed by atoms with E-state index in [4.69, 9.17) is 0 Å². The summed E-state index contributed by atoms with van der Waals surface area (Å²) in [5.41, 5.74) is 1.78. The zero-order valence-corrected chi connectivity index (χ0v) is 13.0. The Bertz CT molecular complexity index is 465. The van der Waals surface area contributed by atoms with Crippen molar-refractivity contribution in [2.75, 3.05) is 6.54 Å². The van der Waals surface area contributed by atoms with E-state index in [9.17, 15) is 5.11 Å². The Morgan fingerprint density at radius 3 is 2.55 bits per heavy atom. The fourth-order valence-corrected chi connectivity index (χ4v) is 2.94. The number of phenolic OH excluding ortho intramolecular Hbond substituents is 1. The molecule has 1 aliphatic rings. The molecule has 0 aromatic heterocycles. The van der Waals surface area contributed by atoms with Crippen molar-refractivity contribution < 1.29 is 5.11 Å². The Labute approximate surface area is 122 Å². The summed E-state index contributed by atoms with van der Waals surface area (Å²) in [5, 5.41) is 10.4. The molecule has 20 heavy (non-hydrogen) atoms. The lowest BCUT2D eigenvalue weighted by atomic mass is 9.85. The molecular weight excluding hydrogens is 246 g/mol. The van der Waals surface area contributed by atoms with Crippen molar-refractivity contribution in [1.29, 1.82) is 0 Å². The molecule has 110 valence electrons. The quantitative estimate of drug-likeness (QED) is 0.796. The van der Waals surface area contributed by atoms with E-state index in [-0.39, 0.29) is 5.41 Å². The molecule has 1 fully saturated rings. The van der Waals surface area contributed by atoms with Gasteiger partial charge < -0.3 is 5.11 Å². The van der Waals surface area contributed by atoms with E-state index in [2.05, 4.69) is 25.8 Å². The molecule has 0 radical (unpaired) electrons. The van der Waals surface area contributed by atoms with Gasteiger partial charge in [0.05, 0.1) is 0 Å². The van der Waals surface area contributed by atoms with Gasteiger partial charge in [0.15, 0.2) is 0 Å². The molecule has 1 aromatic rings. The van der Waals surface area contributed by atoms with Gasteiger partial charge >= 0.3 is 0 Å². The number of hydrogen-bond acceptors (Lipinski definition) is 2. The number of rotatable bonds is 3. The summed E-state index contributed by atoms with van der Waals surface area (Å²) >= 11 is 0. The second-order valence-electron chi connectivity index (χ2n) is 6.99. The highest BCUT2D eigenvalue weighted by atomic mass is 16.3. The first-order valence-corrected chi connectivity index (χ1v) is 7.81. The molecule has 0 unspecified atom stereocenters. The first kappa shape index (κ1) is 15.1. The molecule has 0 atom stereocenters. The lowest BCUT2D eigenvalue weighted by Gasteiger charge is -2.21. The summed E-state index contributed by atoms with van der Waals surface area (Å²) in [6, 6.07) is 5.94. The lowest BCUT2D eigenvalue weighted by molar-refractivity contribution is 0.367. The molecule has 1 aromatic carbocycles. The fraction of sp³-hybridized carbons (Fsp3) is 0.611. The predicted octanol–water partition coefficient (Wildman–Crippen LogP) is 4.69. The Kier molecular flexibility index (Phi) is 4.85. The molecule has 2 heteroatoms. The Morgan fingerprint density at radius 1 is 1.20 bits per heavy atom. The Morgan fingerprint density at radius 2 is 1.90 bits per heavy atom. The smallest absolute Gasteiger partial charge is 0.128 e. The lowest BCUT2D eigenvalue weighted by Crippen LogP contribution is -2.12. The van der Waals surface area contributed by atoms with Crippen molar-refractivity contribution in [2.45, 2.75) is 58.3 Å².